The van der Waals surface area contributed by atoms with Gasteiger partial charge < -0.3 is 19.6 Å². The quantitative estimate of drug-likeness (QED) is 0.160. The van der Waals surface area contributed by atoms with Gasteiger partial charge in [0.15, 0.2) is 0 Å². The number of hydrogen-bond donors (Lipinski definition) is 3. The van der Waals surface area contributed by atoms with E-state index in [2.05, 4.69) is 25.7 Å². The highest BCUT2D eigenvalue weighted by atomic mass is 31.2. The first-order valence-corrected chi connectivity index (χ1v) is 13.4. The maximum atomic E-state index is 8.88. The first-order valence-electron chi connectivity index (χ1n) is 11.9. The molecule has 0 aliphatic heterocycles. The minimum Gasteiger partial charge on any atom is -0.303 e. The van der Waals surface area contributed by atoms with E-state index in [9.17, 15) is 0 Å². The fourth-order valence-electron chi connectivity index (χ4n) is 3.33. The zero-order valence-electron chi connectivity index (χ0n) is 19.1. The fourth-order valence-corrected chi connectivity index (χ4v) is 3.33. The van der Waals surface area contributed by atoms with E-state index in [-0.39, 0.29) is 0 Å². The Morgan fingerprint density at radius 2 is 0.714 bits per heavy atom. The van der Waals surface area contributed by atoms with Gasteiger partial charge in [-0.15, -0.1) is 0 Å². The zero-order chi connectivity index (χ0) is 21.5. The van der Waals surface area contributed by atoms with Crippen LogP contribution in [0.25, 0.3) is 0 Å². The molecule has 0 aromatic rings. The van der Waals surface area contributed by atoms with Crippen LogP contribution in [0.1, 0.15) is 124 Å². The van der Waals surface area contributed by atoms with Gasteiger partial charge in [0.05, 0.1) is 0 Å². The lowest BCUT2D eigenvalue weighted by Crippen LogP contribution is -2.27. The summed E-state index contributed by atoms with van der Waals surface area (Å²) >= 11 is 0. The summed E-state index contributed by atoms with van der Waals surface area (Å²) < 4.78 is 8.88. The first kappa shape index (κ1) is 30.3. The summed E-state index contributed by atoms with van der Waals surface area (Å²) in [6.45, 7) is 11.0. The highest BCUT2D eigenvalue weighted by Crippen LogP contribution is 2.25. The number of hydrogen-bond acceptors (Lipinski definition) is 2. The van der Waals surface area contributed by atoms with Gasteiger partial charge in [-0.25, -0.2) is 4.57 Å². The largest absolute Gasteiger partial charge is 0.466 e. The molecule has 3 N–H and O–H groups in total. The Kier molecular flexibility index (Phi) is 25.2. The molecule has 0 bridgehead atoms. The lowest BCUT2D eigenvalue weighted by Gasteiger charge is -2.22. The van der Waals surface area contributed by atoms with Crippen molar-refractivity contribution >= 4 is 7.82 Å². The molecule has 0 fully saturated rings. The molecule has 0 heterocycles. The van der Waals surface area contributed by atoms with Crippen LogP contribution < -0.4 is 0 Å². The number of phosphoric acid groups is 1. The van der Waals surface area contributed by atoms with Crippen molar-refractivity contribution in [1.82, 2.24) is 4.90 Å². The average Bonchev–Trinajstić information content (AvgIpc) is 2.62. The van der Waals surface area contributed by atoms with Gasteiger partial charge in [-0.2, -0.15) is 0 Å². The van der Waals surface area contributed by atoms with Crippen molar-refractivity contribution in [3.63, 3.8) is 0 Å². The van der Waals surface area contributed by atoms with E-state index in [1.807, 2.05) is 0 Å². The molecule has 0 saturated carbocycles. The number of nitrogens with zero attached hydrogens (tertiary/aromatic N) is 1. The van der Waals surface area contributed by atoms with Crippen LogP contribution in [0.5, 0.6) is 0 Å². The Morgan fingerprint density at radius 3 is 1.00 bits per heavy atom. The molecule has 172 valence electrons. The Balaban J connectivity index is 0. The third-order valence-corrected chi connectivity index (χ3v) is 4.98. The van der Waals surface area contributed by atoms with Crippen molar-refractivity contribution in [1.29, 1.82) is 0 Å². The molecule has 0 aromatic heterocycles. The lowest BCUT2D eigenvalue weighted by molar-refractivity contribution is 0.254. The molecule has 0 saturated heterocycles. The van der Waals surface area contributed by atoms with Crippen molar-refractivity contribution in [2.24, 2.45) is 0 Å². The van der Waals surface area contributed by atoms with Crippen molar-refractivity contribution in [3.8, 4) is 0 Å². The molecule has 5 nitrogen and oxygen atoms in total. The van der Waals surface area contributed by atoms with Gasteiger partial charge in [0, 0.05) is 0 Å². The minimum atomic E-state index is -4.64. The van der Waals surface area contributed by atoms with Crippen LogP contribution in [0.2, 0.25) is 0 Å². The second-order valence-electron chi connectivity index (χ2n) is 7.95. The minimum absolute atomic E-state index is 1.35. The van der Waals surface area contributed by atoms with Crippen molar-refractivity contribution < 1.29 is 19.2 Å². The van der Waals surface area contributed by atoms with Gasteiger partial charge in [-0.3, -0.25) is 0 Å². The normalized spacial score (nSPS) is 11.5. The summed E-state index contributed by atoms with van der Waals surface area (Å²) in [4.78, 5) is 24.3. The topological polar surface area (TPSA) is 81.0 Å². The molecule has 0 unspecified atom stereocenters. The lowest BCUT2D eigenvalue weighted by atomic mass is 10.1. The molecule has 0 rings (SSSR count). The van der Waals surface area contributed by atoms with Crippen LogP contribution in [0.3, 0.4) is 0 Å². The Bertz CT molecular complexity index is 312. The monoisotopic (exact) mass is 423 g/mol. The van der Waals surface area contributed by atoms with Gasteiger partial charge in [0.2, 0.25) is 0 Å². The predicted octanol–water partition coefficient (Wildman–Crippen LogP) is 6.66. The van der Waals surface area contributed by atoms with Crippen molar-refractivity contribution in [2.75, 3.05) is 19.6 Å². The van der Waals surface area contributed by atoms with Gasteiger partial charge in [0.1, 0.15) is 0 Å². The Morgan fingerprint density at radius 1 is 0.500 bits per heavy atom. The molecule has 0 spiro atoms. The van der Waals surface area contributed by atoms with Crippen LogP contribution in [0.15, 0.2) is 0 Å². The number of rotatable bonds is 19. The standard InChI is InChI=1S/C22H47N.H3O4P/c1-4-7-10-13-15-18-21-23(20-17-12-9-6-3)22-19-16-14-11-8-5-2;1-5(2,3)4/h4-22H2,1-3H3;(H3,1,2,3,4). The fraction of sp³-hybridized carbons (Fsp3) is 1.00. The highest BCUT2D eigenvalue weighted by molar-refractivity contribution is 7.45. The second kappa shape index (κ2) is 23.3. The van der Waals surface area contributed by atoms with Gasteiger partial charge in [0.25, 0.3) is 0 Å². The third kappa shape index (κ3) is 33.6. The van der Waals surface area contributed by atoms with Gasteiger partial charge >= 0.3 is 7.82 Å². The SMILES string of the molecule is CCCCCCCCN(CCCCCC)CCCCCCCC.O=P(O)(O)O. The Labute approximate surface area is 175 Å². The maximum Gasteiger partial charge on any atom is 0.466 e. The highest BCUT2D eigenvalue weighted by Gasteiger charge is 2.04. The third-order valence-electron chi connectivity index (χ3n) is 4.98. The smallest absolute Gasteiger partial charge is 0.303 e. The van der Waals surface area contributed by atoms with E-state index in [4.69, 9.17) is 19.2 Å². The summed E-state index contributed by atoms with van der Waals surface area (Å²) in [7, 11) is -4.64. The molecule has 0 amide bonds. The summed E-state index contributed by atoms with van der Waals surface area (Å²) in [6.07, 6.45) is 22.7. The molecule has 0 aromatic carbocycles. The number of unbranched alkanes of at least 4 members (excludes halogenated alkanes) is 13. The zero-order valence-corrected chi connectivity index (χ0v) is 20.0. The van der Waals surface area contributed by atoms with Crippen molar-refractivity contribution in [2.45, 2.75) is 124 Å². The summed E-state index contributed by atoms with van der Waals surface area (Å²) in [5.74, 6) is 0. The molecule has 0 aliphatic carbocycles. The summed E-state index contributed by atoms with van der Waals surface area (Å²) in [5.41, 5.74) is 0. The van der Waals surface area contributed by atoms with E-state index < -0.39 is 7.82 Å². The van der Waals surface area contributed by atoms with Crippen LogP contribution in [-0.4, -0.2) is 39.2 Å². The summed E-state index contributed by atoms with van der Waals surface area (Å²) in [5, 5.41) is 0. The molecule has 0 radical (unpaired) electrons. The average molecular weight is 424 g/mol. The van der Waals surface area contributed by atoms with Gasteiger partial charge in [-0.1, -0.05) is 104 Å². The van der Waals surface area contributed by atoms with Gasteiger partial charge in [-0.05, 0) is 38.9 Å². The molecule has 0 atom stereocenters. The van der Waals surface area contributed by atoms with E-state index in [1.165, 1.54) is 122 Å². The van der Waals surface area contributed by atoms with Crippen LogP contribution in [0, 0.1) is 0 Å². The van der Waals surface area contributed by atoms with Crippen LogP contribution in [0.4, 0.5) is 0 Å². The molecule has 28 heavy (non-hydrogen) atoms. The van der Waals surface area contributed by atoms with E-state index in [0.29, 0.717) is 0 Å². The van der Waals surface area contributed by atoms with Crippen LogP contribution >= 0.6 is 7.82 Å². The van der Waals surface area contributed by atoms with E-state index >= 15 is 0 Å². The first-order chi connectivity index (χ1) is 13.3. The Hall–Kier alpha value is 0.0700. The molecule has 0 aliphatic rings. The molecular formula is C22H50NO4P. The second-order valence-corrected chi connectivity index (χ2v) is 8.98. The maximum absolute atomic E-state index is 8.88. The van der Waals surface area contributed by atoms with E-state index in [0.717, 1.165) is 0 Å². The van der Waals surface area contributed by atoms with Crippen LogP contribution in [-0.2, 0) is 4.57 Å². The predicted molar refractivity (Wildman–Crippen MR) is 122 cm³/mol. The van der Waals surface area contributed by atoms with Crippen molar-refractivity contribution in [3.05, 3.63) is 0 Å². The van der Waals surface area contributed by atoms with E-state index in [1.54, 1.807) is 0 Å². The molecule has 6 heteroatoms. The molecular weight excluding hydrogens is 373 g/mol. The summed E-state index contributed by atoms with van der Waals surface area (Å²) in [6, 6.07) is 0.